The summed E-state index contributed by atoms with van der Waals surface area (Å²) in [7, 11) is 0. The summed E-state index contributed by atoms with van der Waals surface area (Å²) in [6.45, 7) is 3.10. The fourth-order valence-electron chi connectivity index (χ4n) is 0.880. The molecule has 2 nitrogen and oxygen atoms in total. The first kappa shape index (κ1) is 6.33. The predicted molar refractivity (Wildman–Crippen MR) is 33.4 cm³/mol. The molecule has 0 amide bonds. The van der Waals surface area contributed by atoms with Gasteiger partial charge in [0.05, 0.1) is 6.92 Å². The van der Waals surface area contributed by atoms with Crippen LogP contribution in [0.3, 0.4) is 0 Å². The number of carbonyl (C=O) groups excluding carboxylic acids is 1. The average molecular weight is 125 g/mol. The molecule has 0 bridgehead atoms. The van der Waals surface area contributed by atoms with Crippen LogP contribution in [-0.4, -0.2) is 5.97 Å². The fourth-order valence-corrected chi connectivity index (χ4v) is 0.880. The highest BCUT2D eigenvalue weighted by molar-refractivity contribution is 5.74. The molecule has 0 saturated carbocycles. The maximum atomic E-state index is 10.2. The molecule has 49 valence electrons. The minimum absolute atomic E-state index is 0.455. The van der Waals surface area contributed by atoms with Crippen molar-refractivity contribution in [3.05, 3.63) is 18.8 Å². The second kappa shape index (κ2) is 2.67. The Balaban J connectivity index is 2.35. The molecule has 0 heterocycles. The van der Waals surface area contributed by atoms with Gasteiger partial charge in [0.1, 0.15) is 5.76 Å². The number of carbonyl (C=O) groups is 1. The molecule has 0 saturated heterocycles. The minimum Gasteiger partial charge on any atom is -0.431 e. The number of hydrogen-bond acceptors (Lipinski definition) is 2. The molecule has 0 aromatic carbocycles. The highest BCUT2D eigenvalue weighted by Gasteiger charge is 2.06. The number of hydrogen-bond donors (Lipinski definition) is 0. The zero-order chi connectivity index (χ0) is 6.69. The first-order valence-electron chi connectivity index (χ1n) is 3.02. The van der Waals surface area contributed by atoms with Gasteiger partial charge in [-0.3, -0.25) is 4.79 Å². The van der Waals surface area contributed by atoms with Crippen LogP contribution in [0.1, 0.15) is 19.3 Å². The number of esters is 1. The second-order valence-electron chi connectivity index (χ2n) is 2.04. The maximum Gasteiger partial charge on any atom is 0.311 e. The Morgan fingerprint density at radius 2 is 2.56 bits per heavy atom. The van der Waals surface area contributed by atoms with Crippen molar-refractivity contribution in [2.45, 2.75) is 19.3 Å². The highest BCUT2D eigenvalue weighted by atomic mass is 16.5. The van der Waals surface area contributed by atoms with E-state index in [4.69, 9.17) is 4.74 Å². The number of ether oxygens (including phenoxy) is 1. The van der Waals surface area contributed by atoms with Crippen molar-refractivity contribution in [3.8, 4) is 0 Å². The normalized spacial score (nSPS) is 17.2. The van der Waals surface area contributed by atoms with Gasteiger partial charge in [0.15, 0.2) is 0 Å². The Kier molecular flexibility index (Phi) is 1.88. The van der Waals surface area contributed by atoms with Crippen molar-refractivity contribution < 1.29 is 9.53 Å². The molecule has 1 aliphatic carbocycles. The molecular formula is C7H9O2. The van der Waals surface area contributed by atoms with Crippen molar-refractivity contribution in [1.82, 2.24) is 0 Å². The largest absolute Gasteiger partial charge is 0.431 e. The van der Waals surface area contributed by atoms with Gasteiger partial charge in [-0.2, -0.15) is 0 Å². The summed E-state index contributed by atoms with van der Waals surface area (Å²) in [5.74, 6) is 0.332. The molecule has 0 N–H and O–H groups in total. The van der Waals surface area contributed by atoms with Crippen molar-refractivity contribution in [2.75, 3.05) is 0 Å². The Labute approximate surface area is 54.5 Å². The summed E-state index contributed by atoms with van der Waals surface area (Å²) < 4.78 is 4.72. The molecule has 0 spiro atoms. The molecule has 0 atom stereocenters. The Morgan fingerprint density at radius 1 is 1.78 bits per heavy atom. The smallest absolute Gasteiger partial charge is 0.311 e. The van der Waals surface area contributed by atoms with Crippen LogP contribution in [0.25, 0.3) is 0 Å². The molecule has 1 aliphatic rings. The summed E-state index contributed by atoms with van der Waals surface area (Å²) in [6.07, 6.45) is 4.95. The van der Waals surface area contributed by atoms with E-state index in [-0.39, 0.29) is 0 Å². The number of allylic oxidation sites excluding steroid dienone is 2. The third-order valence-corrected chi connectivity index (χ3v) is 1.24. The summed E-state index contributed by atoms with van der Waals surface area (Å²) in [5, 5.41) is 0. The van der Waals surface area contributed by atoms with Crippen molar-refractivity contribution in [1.29, 1.82) is 0 Å². The van der Waals surface area contributed by atoms with E-state index in [1.807, 2.05) is 6.08 Å². The van der Waals surface area contributed by atoms with Crippen LogP contribution in [0.5, 0.6) is 0 Å². The van der Waals surface area contributed by atoms with Gasteiger partial charge in [0.2, 0.25) is 0 Å². The van der Waals surface area contributed by atoms with Gasteiger partial charge in [0.25, 0.3) is 0 Å². The molecule has 0 aromatic rings. The highest BCUT2D eigenvalue weighted by Crippen LogP contribution is 2.17. The van der Waals surface area contributed by atoms with Crippen LogP contribution in [0.15, 0.2) is 11.8 Å². The van der Waals surface area contributed by atoms with Gasteiger partial charge in [-0.05, 0) is 18.9 Å². The van der Waals surface area contributed by atoms with Crippen LogP contribution < -0.4 is 0 Å². The van der Waals surface area contributed by atoms with Crippen molar-refractivity contribution >= 4 is 5.97 Å². The van der Waals surface area contributed by atoms with Gasteiger partial charge in [-0.1, -0.05) is 0 Å². The standard InChI is InChI=1S/C7H9O2/c1-6(8)9-7-4-2-3-5-7/h4H,1-3,5H2. The summed E-state index contributed by atoms with van der Waals surface area (Å²) in [4.78, 5) is 10.2. The fraction of sp³-hybridized carbons (Fsp3) is 0.429. The van der Waals surface area contributed by atoms with Crippen molar-refractivity contribution in [2.24, 2.45) is 0 Å². The minimum atomic E-state index is -0.455. The lowest BCUT2D eigenvalue weighted by Gasteiger charge is -1.97. The van der Waals surface area contributed by atoms with E-state index in [9.17, 15) is 4.79 Å². The van der Waals surface area contributed by atoms with E-state index in [0.29, 0.717) is 0 Å². The lowest BCUT2D eigenvalue weighted by atomic mass is 10.4. The van der Waals surface area contributed by atoms with Crippen LogP contribution >= 0.6 is 0 Å². The first-order valence-corrected chi connectivity index (χ1v) is 3.02. The molecule has 0 fully saturated rings. The number of rotatable bonds is 1. The Bertz CT molecular complexity index is 147. The predicted octanol–water partition coefficient (Wildman–Crippen LogP) is 1.43. The van der Waals surface area contributed by atoms with Crippen LogP contribution in [0, 0.1) is 6.92 Å². The zero-order valence-electron chi connectivity index (χ0n) is 5.22. The summed E-state index contributed by atoms with van der Waals surface area (Å²) in [5.41, 5.74) is 0. The van der Waals surface area contributed by atoms with Gasteiger partial charge >= 0.3 is 5.97 Å². The molecule has 1 rings (SSSR count). The Morgan fingerprint density at radius 3 is 3.00 bits per heavy atom. The first-order chi connectivity index (χ1) is 4.29. The van der Waals surface area contributed by atoms with Crippen LogP contribution in [-0.2, 0) is 9.53 Å². The third-order valence-electron chi connectivity index (χ3n) is 1.24. The van der Waals surface area contributed by atoms with E-state index < -0.39 is 5.97 Å². The Hall–Kier alpha value is -0.790. The molecule has 0 aliphatic heterocycles. The molecule has 0 unspecified atom stereocenters. The second-order valence-corrected chi connectivity index (χ2v) is 2.04. The van der Waals surface area contributed by atoms with Gasteiger partial charge < -0.3 is 4.74 Å². The monoisotopic (exact) mass is 125 g/mol. The third kappa shape index (κ3) is 1.88. The lowest BCUT2D eigenvalue weighted by Crippen LogP contribution is -1.96. The molecule has 9 heavy (non-hydrogen) atoms. The van der Waals surface area contributed by atoms with E-state index in [0.717, 1.165) is 25.0 Å². The molecule has 2 heteroatoms. The average Bonchev–Trinajstić information content (AvgIpc) is 2.15. The molecule has 0 aromatic heterocycles. The summed E-state index contributed by atoms with van der Waals surface area (Å²) >= 11 is 0. The lowest BCUT2D eigenvalue weighted by molar-refractivity contribution is -0.134. The summed E-state index contributed by atoms with van der Waals surface area (Å²) in [6, 6.07) is 0. The molecular weight excluding hydrogens is 116 g/mol. The zero-order valence-corrected chi connectivity index (χ0v) is 5.22. The van der Waals surface area contributed by atoms with Gasteiger partial charge in [0, 0.05) is 6.42 Å². The van der Waals surface area contributed by atoms with E-state index in [2.05, 4.69) is 6.92 Å². The van der Waals surface area contributed by atoms with Gasteiger partial charge in [-0.15, -0.1) is 0 Å². The topological polar surface area (TPSA) is 26.3 Å². The SMILES string of the molecule is [CH2]C(=O)OC1=CCCC1. The maximum absolute atomic E-state index is 10.2. The molecule has 1 radical (unpaired) electrons. The van der Waals surface area contributed by atoms with Crippen LogP contribution in [0.2, 0.25) is 0 Å². The van der Waals surface area contributed by atoms with Crippen LogP contribution in [0.4, 0.5) is 0 Å². The van der Waals surface area contributed by atoms with E-state index in [1.165, 1.54) is 0 Å². The van der Waals surface area contributed by atoms with E-state index in [1.54, 1.807) is 0 Å². The van der Waals surface area contributed by atoms with Crippen molar-refractivity contribution in [3.63, 3.8) is 0 Å². The van der Waals surface area contributed by atoms with Gasteiger partial charge in [-0.25, -0.2) is 0 Å². The van der Waals surface area contributed by atoms with E-state index >= 15 is 0 Å². The quantitative estimate of drug-likeness (QED) is 0.495.